The molecule has 0 unspecified atom stereocenters. The van der Waals surface area contributed by atoms with Gasteiger partial charge in [0.1, 0.15) is 5.75 Å². The third kappa shape index (κ3) is 2.11. The molecule has 1 aromatic heterocycles. The first kappa shape index (κ1) is 12.6. The predicted octanol–water partition coefficient (Wildman–Crippen LogP) is 1.21. The first-order valence-electron chi connectivity index (χ1n) is 6.29. The maximum atomic E-state index is 11.3. The summed E-state index contributed by atoms with van der Waals surface area (Å²) < 4.78 is 6.72. The van der Waals surface area contributed by atoms with E-state index in [1.807, 2.05) is 24.3 Å². The van der Waals surface area contributed by atoms with Gasteiger partial charge in [0.2, 0.25) is 0 Å². The highest BCUT2D eigenvalue weighted by Gasteiger charge is 2.51. The van der Waals surface area contributed by atoms with Crippen molar-refractivity contribution in [2.45, 2.75) is 19.4 Å². The van der Waals surface area contributed by atoms with Gasteiger partial charge in [0, 0.05) is 5.56 Å². The van der Waals surface area contributed by atoms with Gasteiger partial charge in [0.05, 0.1) is 19.1 Å². The van der Waals surface area contributed by atoms with Crippen molar-refractivity contribution >= 4 is 5.97 Å². The number of hydrogen-bond donors (Lipinski definition) is 1. The third-order valence-corrected chi connectivity index (χ3v) is 3.62. The number of carboxylic acids is 1. The minimum Gasteiger partial charge on any atom is -0.497 e. The van der Waals surface area contributed by atoms with Gasteiger partial charge in [-0.3, -0.25) is 4.79 Å². The van der Waals surface area contributed by atoms with Crippen LogP contribution in [0.25, 0.3) is 11.4 Å². The zero-order valence-electron chi connectivity index (χ0n) is 11.0. The molecule has 0 atom stereocenters. The Kier molecular flexibility index (Phi) is 2.89. The second-order valence-corrected chi connectivity index (χ2v) is 4.98. The number of ether oxygens (including phenoxy) is 1. The molecule has 1 heterocycles. The molecule has 20 heavy (non-hydrogen) atoms. The van der Waals surface area contributed by atoms with Gasteiger partial charge in [-0.2, -0.15) is 0 Å². The summed E-state index contributed by atoms with van der Waals surface area (Å²) in [6.07, 6.45) is 1.33. The van der Waals surface area contributed by atoms with Crippen LogP contribution in [0.3, 0.4) is 0 Å². The van der Waals surface area contributed by atoms with Crippen molar-refractivity contribution in [3.8, 4) is 17.1 Å². The molecule has 0 aliphatic heterocycles. The normalized spacial score (nSPS) is 15.8. The molecule has 7 heteroatoms. The van der Waals surface area contributed by atoms with Crippen LogP contribution in [0, 0.1) is 5.41 Å². The van der Waals surface area contributed by atoms with E-state index >= 15 is 0 Å². The minimum absolute atomic E-state index is 0.294. The summed E-state index contributed by atoms with van der Waals surface area (Å²) in [6.45, 7) is 0.294. The number of aliphatic carboxylic acids is 1. The molecule has 0 saturated heterocycles. The van der Waals surface area contributed by atoms with Crippen molar-refractivity contribution in [1.82, 2.24) is 20.2 Å². The lowest BCUT2D eigenvalue weighted by atomic mass is 10.1. The molecule has 2 aromatic rings. The van der Waals surface area contributed by atoms with Crippen LogP contribution in [0.5, 0.6) is 5.75 Å². The fraction of sp³-hybridized carbons (Fsp3) is 0.385. The van der Waals surface area contributed by atoms with Gasteiger partial charge in [0.15, 0.2) is 5.82 Å². The van der Waals surface area contributed by atoms with Crippen molar-refractivity contribution in [1.29, 1.82) is 0 Å². The van der Waals surface area contributed by atoms with Crippen LogP contribution in [0.1, 0.15) is 12.8 Å². The highest BCUT2D eigenvalue weighted by molar-refractivity contribution is 5.77. The largest absolute Gasteiger partial charge is 0.497 e. The van der Waals surface area contributed by atoms with E-state index < -0.39 is 11.4 Å². The van der Waals surface area contributed by atoms with Gasteiger partial charge in [-0.1, -0.05) is 12.1 Å². The van der Waals surface area contributed by atoms with Crippen molar-refractivity contribution in [2.75, 3.05) is 7.11 Å². The van der Waals surface area contributed by atoms with E-state index in [2.05, 4.69) is 15.5 Å². The van der Waals surface area contributed by atoms with Crippen LogP contribution in [0.2, 0.25) is 0 Å². The van der Waals surface area contributed by atoms with Gasteiger partial charge < -0.3 is 9.84 Å². The number of hydrogen-bond acceptors (Lipinski definition) is 5. The predicted molar refractivity (Wildman–Crippen MR) is 69.1 cm³/mol. The number of benzene rings is 1. The van der Waals surface area contributed by atoms with Crippen LogP contribution in [0.15, 0.2) is 24.3 Å². The maximum Gasteiger partial charge on any atom is 0.311 e. The van der Waals surface area contributed by atoms with Crippen molar-refractivity contribution < 1.29 is 14.6 Å². The zero-order chi connectivity index (χ0) is 14.2. The smallest absolute Gasteiger partial charge is 0.311 e. The van der Waals surface area contributed by atoms with Crippen LogP contribution in [0.4, 0.5) is 0 Å². The quantitative estimate of drug-likeness (QED) is 0.881. The Bertz CT molecular complexity index is 649. The molecule has 0 spiro atoms. The molecule has 1 aliphatic rings. The van der Waals surface area contributed by atoms with E-state index in [0.29, 0.717) is 31.0 Å². The summed E-state index contributed by atoms with van der Waals surface area (Å²) in [5.41, 5.74) is 0.0961. The summed E-state index contributed by atoms with van der Waals surface area (Å²) >= 11 is 0. The summed E-state index contributed by atoms with van der Waals surface area (Å²) in [5.74, 6) is 0.470. The number of rotatable bonds is 5. The molecule has 1 aliphatic carbocycles. The summed E-state index contributed by atoms with van der Waals surface area (Å²) in [5, 5.41) is 20.8. The van der Waals surface area contributed by atoms with Crippen molar-refractivity contribution in [2.24, 2.45) is 5.41 Å². The van der Waals surface area contributed by atoms with E-state index in [1.165, 1.54) is 0 Å². The number of carboxylic acid groups (broad SMARTS) is 1. The number of nitrogens with zero attached hydrogens (tertiary/aromatic N) is 4. The summed E-state index contributed by atoms with van der Waals surface area (Å²) in [4.78, 5) is 11.3. The van der Waals surface area contributed by atoms with Crippen LogP contribution in [-0.4, -0.2) is 38.4 Å². The summed E-state index contributed by atoms with van der Waals surface area (Å²) in [6, 6.07) is 7.36. The fourth-order valence-electron chi connectivity index (χ4n) is 2.16. The Morgan fingerprint density at radius 3 is 2.95 bits per heavy atom. The first-order valence-corrected chi connectivity index (χ1v) is 6.29. The lowest BCUT2D eigenvalue weighted by Crippen LogP contribution is -2.22. The van der Waals surface area contributed by atoms with Crippen molar-refractivity contribution in [3.63, 3.8) is 0 Å². The standard InChI is InChI=1S/C13H14N4O3/c1-20-10-4-2-3-9(7-10)11-14-15-16-17(11)8-13(5-6-13)12(18)19/h2-4,7H,5-6,8H2,1H3,(H,18,19). The Morgan fingerprint density at radius 2 is 2.30 bits per heavy atom. The Hall–Kier alpha value is -2.44. The molecule has 7 nitrogen and oxygen atoms in total. The second-order valence-electron chi connectivity index (χ2n) is 4.98. The molecule has 1 N–H and O–H groups in total. The molecule has 104 valence electrons. The topological polar surface area (TPSA) is 90.1 Å². The van der Waals surface area contributed by atoms with Gasteiger partial charge in [-0.05, 0) is 35.4 Å². The molecular formula is C13H14N4O3. The lowest BCUT2D eigenvalue weighted by molar-refractivity contribution is -0.144. The Morgan fingerprint density at radius 1 is 1.50 bits per heavy atom. The van der Waals surface area contributed by atoms with E-state index in [9.17, 15) is 9.90 Å². The SMILES string of the molecule is COc1cccc(-c2nnnn2CC2(C(=O)O)CC2)c1. The Labute approximate surface area is 115 Å². The molecule has 1 fully saturated rings. The van der Waals surface area contributed by atoms with Crippen LogP contribution >= 0.6 is 0 Å². The molecule has 0 radical (unpaired) electrons. The molecule has 0 bridgehead atoms. The highest BCUT2D eigenvalue weighted by atomic mass is 16.5. The number of tetrazole rings is 1. The average molecular weight is 274 g/mol. The molecule has 0 amide bonds. The monoisotopic (exact) mass is 274 g/mol. The van der Waals surface area contributed by atoms with E-state index in [-0.39, 0.29) is 0 Å². The summed E-state index contributed by atoms with van der Waals surface area (Å²) in [7, 11) is 1.59. The molecule has 1 saturated carbocycles. The average Bonchev–Trinajstić information content (AvgIpc) is 3.10. The third-order valence-electron chi connectivity index (χ3n) is 3.62. The first-order chi connectivity index (χ1) is 9.64. The molecule has 1 aromatic carbocycles. The minimum atomic E-state index is -0.787. The van der Waals surface area contributed by atoms with Crippen LogP contribution in [-0.2, 0) is 11.3 Å². The highest BCUT2D eigenvalue weighted by Crippen LogP contribution is 2.47. The molecular weight excluding hydrogens is 260 g/mol. The van der Waals surface area contributed by atoms with Gasteiger partial charge >= 0.3 is 5.97 Å². The molecule has 3 rings (SSSR count). The van der Waals surface area contributed by atoms with Gasteiger partial charge in [0.25, 0.3) is 0 Å². The van der Waals surface area contributed by atoms with E-state index in [0.717, 1.165) is 5.56 Å². The van der Waals surface area contributed by atoms with Gasteiger partial charge in [-0.25, -0.2) is 4.68 Å². The van der Waals surface area contributed by atoms with E-state index in [4.69, 9.17) is 4.74 Å². The number of carbonyl (C=O) groups is 1. The fourth-order valence-corrected chi connectivity index (χ4v) is 2.16. The van der Waals surface area contributed by atoms with Crippen LogP contribution < -0.4 is 4.74 Å². The van der Waals surface area contributed by atoms with Crippen molar-refractivity contribution in [3.05, 3.63) is 24.3 Å². The Balaban J connectivity index is 1.92. The maximum absolute atomic E-state index is 11.3. The lowest BCUT2D eigenvalue weighted by Gasteiger charge is -2.11. The van der Waals surface area contributed by atoms with E-state index in [1.54, 1.807) is 11.8 Å². The number of aromatic nitrogens is 4. The second kappa shape index (κ2) is 4.59. The zero-order valence-corrected chi connectivity index (χ0v) is 11.0. The number of methoxy groups -OCH3 is 1. The van der Waals surface area contributed by atoms with Gasteiger partial charge in [-0.15, -0.1) is 5.10 Å².